The van der Waals surface area contributed by atoms with Crippen LogP contribution in [0, 0.1) is 0 Å². The smallest absolute Gasteiger partial charge is 0.0939 e. The van der Waals surface area contributed by atoms with E-state index in [1.807, 2.05) is 6.92 Å². The van der Waals surface area contributed by atoms with Crippen LogP contribution in [0.15, 0.2) is 0 Å². The van der Waals surface area contributed by atoms with Crippen molar-refractivity contribution in [2.24, 2.45) is 0 Å². The van der Waals surface area contributed by atoms with Crippen LogP contribution in [-0.2, 0) is 9.47 Å². The lowest BCUT2D eigenvalue weighted by Crippen LogP contribution is -2.44. The van der Waals surface area contributed by atoms with Crippen LogP contribution in [0.25, 0.3) is 0 Å². The Morgan fingerprint density at radius 1 is 1.20 bits per heavy atom. The normalized spacial score (nSPS) is 28.2. The molecule has 0 aromatic rings. The molecule has 2 unspecified atom stereocenters. The first-order valence-corrected chi connectivity index (χ1v) is 8.70. The summed E-state index contributed by atoms with van der Waals surface area (Å²) in [6, 6.07) is 0. The highest BCUT2D eigenvalue weighted by Crippen LogP contribution is 2.35. The summed E-state index contributed by atoms with van der Waals surface area (Å²) in [5.41, 5.74) is -0.262. The van der Waals surface area contributed by atoms with Crippen molar-refractivity contribution in [3.05, 3.63) is 0 Å². The fourth-order valence-corrected chi connectivity index (χ4v) is 3.86. The first-order chi connectivity index (χ1) is 9.77. The van der Waals surface area contributed by atoms with Gasteiger partial charge in [0.05, 0.1) is 17.8 Å². The van der Waals surface area contributed by atoms with E-state index in [0.29, 0.717) is 12.7 Å². The number of hydrogen-bond acceptors (Lipinski definition) is 3. The maximum atomic E-state index is 10.7. The minimum atomic E-state index is -0.304. The summed E-state index contributed by atoms with van der Waals surface area (Å²) in [7, 11) is 0. The zero-order chi connectivity index (χ0) is 14.3. The molecule has 1 heterocycles. The standard InChI is InChI=1S/C17H32O3/c1-2-20-17(12-5-3-4-6-13-17)16(18)11-7-9-15-10-8-14-19-15/h15-16,18H,2-14H2,1H3. The first-order valence-electron chi connectivity index (χ1n) is 8.70. The van der Waals surface area contributed by atoms with Crippen LogP contribution in [0.1, 0.15) is 77.6 Å². The van der Waals surface area contributed by atoms with E-state index in [-0.39, 0.29) is 11.7 Å². The molecule has 1 saturated carbocycles. The minimum Gasteiger partial charge on any atom is -0.390 e. The highest BCUT2D eigenvalue weighted by molar-refractivity contribution is 4.90. The summed E-state index contributed by atoms with van der Waals surface area (Å²) < 4.78 is 11.7. The largest absolute Gasteiger partial charge is 0.390 e. The highest BCUT2D eigenvalue weighted by Gasteiger charge is 2.38. The molecular weight excluding hydrogens is 252 g/mol. The van der Waals surface area contributed by atoms with Gasteiger partial charge in [0.25, 0.3) is 0 Å². The fraction of sp³-hybridized carbons (Fsp3) is 1.00. The van der Waals surface area contributed by atoms with E-state index in [0.717, 1.165) is 38.7 Å². The quantitative estimate of drug-likeness (QED) is 0.722. The molecule has 118 valence electrons. The van der Waals surface area contributed by atoms with Crippen LogP contribution >= 0.6 is 0 Å². The van der Waals surface area contributed by atoms with E-state index in [1.165, 1.54) is 38.5 Å². The van der Waals surface area contributed by atoms with E-state index in [9.17, 15) is 5.11 Å². The SMILES string of the molecule is CCOC1(C(O)CCCC2CCCO2)CCCCCC1. The average molecular weight is 284 g/mol. The molecular formula is C17H32O3. The third-order valence-corrected chi connectivity index (χ3v) is 5.02. The number of aliphatic hydroxyl groups is 1. The molecule has 0 amide bonds. The first kappa shape index (κ1) is 16.3. The Labute approximate surface area is 124 Å². The average Bonchev–Trinajstić information content (AvgIpc) is 2.84. The topological polar surface area (TPSA) is 38.7 Å². The lowest BCUT2D eigenvalue weighted by Gasteiger charge is -2.37. The summed E-state index contributed by atoms with van der Waals surface area (Å²) in [4.78, 5) is 0. The van der Waals surface area contributed by atoms with Crippen molar-refractivity contribution in [2.75, 3.05) is 13.2 Å². The van der Waals surface area contributed by atoms with Gasteiger partial charge in [-0.2, -0.15) is 0 Å². The molecule has 0 radical (unpaired) electrons. The maximum Gasteiger partial charge on any atom is 0.0939 e. The molecule has 2 aliphatic rings. The second-order valence-corrected chi connectivity index (χ2v) is 6.49. The van der Waals surface area contributed by atoms with E-state index in [1.54, 1.807) is 0 Å². The molecule has 0 aromatic carbocycles. The van der Waals surface area contributed by atoms with Crippen molar-refractivity contribution >= 4 is 0 Å². The monoisotopic (exact) mass is 284 g/mol. The molecule has 1 aliphatic heterocycles. The van der Waals surface area contributed by atoms with E-state index >= 15 is 0 Å². The predicted octanol–water partition coefficient (Wildman–Crippen LogP) is 3.83. The Kier molecular flexibility index (Phi) is 6.79. The fourth-order valence-electron chi connectivity index (χ4n) is 3.86. The van der Waals surface area contributed by atoms with Gasteiger partial charge in [-0.15, -0.1) is 0 Å². The van der Waals surface area contributed by atoms with Crippen molar-refractivity contribution in [2.45, 2.75) is 95.4 Å². The number of rotatable bonds is 7. The van der Waals surface area contributed by atoms with Crippen molar-refractivity contribution < 1.29 is 14.6 Å². The zero-order valence-corrected chi connectivity index (χ0v) is 13.1. The molecule has 1 N–H and O–H groups in total. The third-order valence-electron chi connectivity index (χ3n) is 5.02. The van der Waals surface area contributed by atoms with Gasteiger partial charge in [-0.1, -0.05) is 25.7 Å². The molecule has 20 heavy (non-hydrogen) atoms. The van der Waals surface area contributed by atoms with Crippen LogP contribution in [0.3, 0.4) is 0 Å². The Morgan fingerprint density at radius 2 is 1.95 bits per heavy atom. The molecule has 2 atom stereocenters. The summed E-state index contributed by atoms with van der Waals surface area (Å²) in [5.74, 6) is 0. The van der Waals surface area contributed by atoms with Gasteiger partial charge in [0.2, 0.25) is 0 Å². The number of hydrogen-bond donors (Lipinski definition) is 1. The molecule has 2 rings (SSSR count). The van der Waals surface area contributed by atoms with Crippen LogP contribution in [0.4, 0.5) is 0 Å². The predicted molar refractivity (Wildman–Crippen MR) is 80.9 cm³/mol. The highest BCUT2D eigenvalue weighted by atomic mass is 16.5. The summed E-state index contributed by atoms with van der Waals surface area (Å²) in [5, 5.41) is 10.7. The molecule has 0 spiro atoms. The van der Waals surface area contributed by atoms with Crippen LogP contribution in [-0.4, -0.2) is 36.1 Å². The number of ether oxygens (including phenoxy) is 2. The Balaban J connectivity index is 1.80. The summed E-state index contributed by atoms with van der Waals surface area (Å²) in [6.07, 6.45) is 12.6. The van der Waals surface area contributed by atoms with Gasteiger partial charge in [0, 0.05) is 13.2 Å². The second-order valence-electron chi connectivity index (χ2n) is 6.49. The Morgan fingerprint density at radius 3 is 2.55 bits per heavy atom. The maximum absolute atomic E-state index is 10.7. The summed E-state index contributed by atoms with van der Waals surface area (Å²) in [6.45, 7) is 3.69. The molecule has 0 bridgehead atoms. The van der Waals surface area contributed by atoms with Crippen molar-refractivity contribution in [1.82, 2.24) is 0 Å². The van der Waals surface area contributed by atoms with Crippen molar-refractivity contribution in [3.63, 3.8) is 0 Å². The van der Waals surface area contributed by atoms with Gasteiger partial charge < -0.3 is 14.6 Å². The Bertz CT molecular complexity index is 253. The van der Waals surface area contributed by atoms with Gasteiger partial charge in [-0.05, 0) is 51.9 Å². The van der Waals surface area contributed by atoms with Gasteiger partial charge in [-0.25, -0.2) is 0 Å². The van der Waals surface area contributed by atoms with E-state index < -0.39 is 0 Å². The van der Waals surface area contributed by atoms with E-state index in [4.69, 9.17) is 9.47 Å². The van der Waals surface area contributed by atoms with Crippen LogP contribution < -0.4 is 0 Å². The molecule has 0 aromatic heterocycles. The molecule has 3 nitrogen and oxygen atoms in total. The van der Waals surface area contributed by atoms with Gasteiger partial charge in [0.15, 0.2) is 0 Å². The number of aliphatic hydroxyl groups excluding tert-OH is 1. The van der Waals surface area contributed by atoms with Gasteiger partial charge >= 0.3 is 0 Å². The second kappa shape index (κ2) is 8.35. The zero-order valence-electron chi connectivity index (χ0n) is 13.1. The molecule has 1 aliphatic carbocycles. The van der Waals surface area contributed by atoms with Crippen LogP contribution in [0.2, 0.25) is 0 Å². The van der Waals surface area contributed by atoms with Crippen molar-refractivity contribution in [3.8, 4) is 0 Å². The minimum absolute atomic E-state index is 0.262. The lowest BCUT2D eigenvalue weighted by atomic mass is 9.85. The molecule has 2 fully saturated rings. The van der Waals surface area contributed by atoms with Crippen molar-refractivity contribution in [1.29, 1.82) is 0 Å². The summed E-state index contributed by atoms with van der Waals surface area (Å²) >= 11 is 0. The molecule has 1 saturated heterocycles. The Hall–Kier alpha value is -0.120. The molecule has 3 heteroatoms. The third kappa shape index (κ3) is 4.44. The van der Waals surface area contributed by atoms with E-state index in [2.05, 4.69) is 0 Å². The van der Waals surface area contributed by atoms with Gasteiger partial charge in [0.1, 0.15) is 0 Å². The van der Waals surface area contributed by atoms with Crippen LogP contribution in [0.5, 0.6) is 0 Å². The van der Waals surface area contributed by atoms with Gasteiger partial charge in [-0.3, -0.25) is 0 Å². The lowest BCUT2D eigenvalue weighted by molar-refractivity contribution is -0.132.